The lowest BCUT2D eigenvalue weighted by molar-refractivity contribution is 0.177. The van der Waals surface area contributed by atoms with E-state index in [1.165, 1.54) is 0 Å². The number of nitrogens with one attached hydrogen (secondary N) is 1. The monoisotopic (exact) mass is 198 g/mol. The third-order valence-electron chi connectivity index (χ3n) is 1.77. The fourth-order valence-corrected chi connectivity index (χ4v) is 1.32. The molecule has 2 rings (SSSR count). The van der Waals surface area contributed by atoms with Gasteiger partial charge in [0.1, 0.15) is 12.6 Å². The van der Waals surface area contributed by atoms with E-state index < -0.39 is 6.09 Å². The number of amides is 1. The lowest BCUT2D eigenvalue weighted by atomic mass is 10.2. The predicted molar refractivity (Wildman–Crippen MR) is 46.5 cm³/mol. The number of carbonyl (C=O) groups is 1. The van der Waals surface area contributed by atoms with Gasteiger partial charge >= 0.3 is 6.09 Å². The van der Waals surface area contributed by atoms with E-state index in [0.717, 1.165) is 5.69 Å². The molecule has 4 nitrogen and oxygen atoms in total. The van der Waals surface area contributed by atoms with Gasteiger partial charge in [-0.15, -0.1) is 0 Å². The van der Waals surface area contributed by atoms with E-state index in [4.69, 9.17) is 16.3 Å². The van der Waals surface area contributed by atoms with Crippen LogP contribution in [0.4, 0.5) is 4.79 Å². The van der Waals surface area contributed by atoms with E-state index in [0.29, 0.717) is 11.6 Å². The van der Waals surface area contributed by atoms with Crippen molar-refractivity contribution >= 4 is 17.7 Å². The van der Waals surface area contributed by atoms with Crippen LogP contribution in [0.5, 0.6) is 0 Å². The Morgan fingerprint density at radius 3 is 3.15 bits per heavy atom. The lowest BCUT2D eigenvalue weighted by Crippen LogP contribution is -2.19. The first-order valence-electron chi connectivity index (χ1n) is 3.80. The molecule has 68 valence electrons. The average molecular weight is 199 g/mol. The number of halogens is 1. The maximum Gasteiger partial charge on any atom is 0.407 e. The fraction of sp³-hybridized carbons (Fsp3) is 0.250. The van der Waals surface area contributed by atoms with Gasteiger partial charge in [-0.2, -0.15) is 0 Å². The molecule has 0 radical (unpaired) electrons. The Balaban J connectivity index is 2.21. The number of hydrogen-bond donors (Lipinski definition) is 1. The van der Waals surface area contributed by atoms with Crippen LogP contribution in [-0.4, -0.2) is 17.7 Å². The molecule has 1 fully saturated rings. The van der Waals surface area contributed by atoms with Crippen molar-refractivity contribution in [2.45, 2.75) is 6.04 Å². The molecule has 1 aromatic heterocycles. The van der Waals surface area contributed by atoms with Gasteiger partial charge in [-0.3, -0.25) is 4.98 Å². The van der Waals surface area contributed by atoms with Crippen LogP contribution in [0.1, 0.15) is 11.7 Å². The third kappa shape index (κ3) is 1.72. The van der Waals surface area contributed by atoms with Crippen LogP contribution in [0.2, 0.25) is 5.02 Å². The Labute approximate surface area is 79.9 Å². The summed E-state index contributed by atoms with van der Waals surface area (Å²) in [4.78, 5) is 14.8. The number of alkyl carbamates (subject to hydrolysis) is 1. The van der Waals surface area contributed by atoms with E-state index in [2.05, 4.69) is 10.3 Å². The molecule has 1 N–H and O–H groups in total. The van der Waals surface area contributed by atoms with E-state index >= 15 is 0 Å². The highest BCUT2D eigenvalue weighted by Gasteiger charge is 2.24. The molecule has 2 heterocycles. The summed E-state index contributed by atoms with van der Waals surface area (Å²) >= 11 is 5.77. The van der Waals surface area contributed by atoms with Crippen LogP contribution in [0.25, 0.3) is 0 Å². The summed E-state index contributed by atoms with van der Waals surface area (Å²) in [6.45, 7) is 0.312. The number of ether oxygens (including phenoxy) is 1. The number of cyclic esters (lactones) is 1. The van der Waals surface area contributed by atoms with Gasteiger partial charge < -0.3 is 10.1 Å². The van der Waals surface area contributed by atoms with Crippen LogP contribution in [0, 0.1) is 0 Å². The number of aromatic nitrogens is 1. The second-order valence-corrected chi connectivity index (χ2v) is 3.13. The first-order valence-corrected chi connectivity index (χ1v) is 4.18. The molecule has 13 heavy (non-hydrogen) atoms. The van der Waals surface area contributed by atoms with Gasteiger partial charge in [0.2, 0.25) is 0 Å². The predicted octanol–water partition coefficient (Wildman–Crippen LogP) is 1.52. The number of hydrogen-bond acceptors (Lipinski definition) is 3. The molecule has 1 unspecified atom stereocenters. The Bertz CT molecular complexity index is 343. The maximum absolute atomic E-state index is 10.7. The minimum Gasteiger partial charge on any atom is -0.447 e. The first kappa shape index (κ1) is 8.31. The van der Waals surface area contributed by atoms with Crippen molar-refractivity contribution in [1.82, 2.24) is 10.3 Å². The van der Waals surface area contributed by atoms with Crippen LogP contribution >= 0.6 is 11.6 Å². The summed E-state index contributed by atoms with van der Waals surface area (Å²) in [6.07, 6.45) is 1.19. The van der Waals surface area contributed by atoms with Gasteiger partial charge in [0.05, 0.1) is 5.69 Å². The van der Waals surface area contributed by atoms with Crippen LogP contribution in [0.15, 0.2) is 18.3 Å². The summed E-state index contributed by atoms with van der Waals surface area (Å²) in [5, 5.41) is 3.22. The first-order chi connectivity index (χ1) is 6.25. The van der Waals surface area contributed by atoms with Gasteiger partial charge in [0.25, 0.3) is 0 Å². The lowest BCUT2D eigenvalue weighted by Gasteiger charge is -2.05. The number of pyridine rings is 1. The molecular formula is C8H7ClN2O2. The van der Waals surface area contributed by atoms with E-state index in [1.54, 1.807) is 18.3 Å². The summed E-state index contributed by atoms with van der Waals surface area (Å²) in [6, 6.07) is 3.22. The molecule has 5 heteroatoms. The molecule has 1 saturated heterocycles. The zero-order chi connectivity index (χ0) is 9.26. The topological polar surface area (TPSA) is 51.2 Å². The highest BCUT2D eigenvalue weighted by atomic mass is 35.5. The SMILES string of the molecule is O=C1NC(c2cc(Cl)ccn2)CO1. The zero-order valence-electron chi connectivity index (χ0n) is 6.66. The van der Waals surface area contributed by atoms with Crippen molar-refractivity contribution < 1.29 is 9.53 Å². The highest BCUT2D eigenvalue weighted by molar-refractivity contribution is 6.30. The average Bonchev–Trinajstić information content (AvgIpc) is 2.52. The zero-order valence-corrected chi connectivity index (χ0v) is 7.41. The number of rotatable bonds is 1. The largest absolute Gasteiger partial charge is 0.447 e. The number of nitrogens with zero attached hydrogens (tertiary/aromatic N) is 1. The maximum atomic E-state index is 10.7. The standard InChI is InChI=1S/C8H7ClN2O2/c9-5-1-2-10-6(3-5)7-4-13-8(12)11-7/h1-3,7H,4H2,(H,11,12). The molecule has 0 spiro atoms. The van der Waals surface area contributed by atoms with Crippen molar-refractivity contribution in [3.63, 3.8) is 0 Å². The van der Waals surface area contributed by atoms with Crippen LogP contribution < -0.4 is 5.32 Å². The summed E-state index contributed by atoms with van der Waals surface area (Å²) in [7, 11) is 0. The molecule has 1 aliphatic heterocycles. The summed E-state index contributed by atoms with van der Waals surface area (Å²) in [5.74, 6) is 0. The minimum atomic E-state index is -0.410. The molecule has 0 aromatic carbocycles. The normalized spacial score (nSPS) is 21.0. The van der Waals surface area contributed by atoms with Gasteiger partial charge in [-0.05, 0) is 12.1 Å². The molecule has 1 aromatic rings. The van der Waals surface area contributed by atoms with Crippen LogP contribution in [-0.2, 0) is 4.74 Å². The minimum absolute atomic E-state index is 0.175. The number of carbonyl (C=O) groups excluding carboxylic acids is 1. The Kier molecular flexibility index (Phi) is 2.06. The van der Waals surface area contributed by atoms with Crippen LogP contribution in [0.3, 0.4) is 0 Å². The highest BCUT2D eigenvalue weighted by Crippen LogP contribution is 2.18. The third-order valence-corrected chi connectivity index (χ3v) is 2.01. The van der Waals surface area contributed by atoms with Crippen molar-refractivity contribution in [2.24, 2.45) is 0 Å². The fourth-order valence-electron chi connectivity index (χ4n) is 1.16. The molecule has 1 atom stereocenters. The second kappa shape index (κ2) is 3.22. The van der Waals surface area contributed by atoms with Gasteiger partial charge in [0.15, 0.2) is 0 Å². The van der Waals surface area contributed by atoms with Crippen molar-refractivity contribution in [3.8, 4) is 0 Å². The van der Waals surface area contributed by atoms with E-state index in [-0.39, 0.29) is 6.04 Å². The Morgan fingerprint density at radius 2 is 2.54 bits per heavy atom. The molecule has 1 amide bonds. The van der Waals surface area contributed by atoms with Gasteiger partial charge in [-0.1, -0.05) is 11.6 Å². The molecular weight excluding hydrogens is 192 g/mol. The summed E-state index contributed by atoms with van der Waals surface area (Å²) < 4.78 is 4.73. The van der Waals surface area contributed by atoms with Crippen molar-refractivity contribution in [3.05, 3.63) is 29.0 Å². The van der Waals surface area contributed by atoms with Crippen molar-refractivity contribution in [1.29, 1.82) is 0 Å². The molecule has 0 bridgehead atoms. The van der Waals surface area contributed by atoms with E-state index in [1.807, 2.05) is 0 Å². The smallest absolute Gasteiger partial charge is 0.407 e. The molecule has 0 saturated carbocycles. The quantitative estimate of drug-likeness (QED) is 0.744. The second-order valence-electron chi connectivity index (χ2n) is 2.69. The van der Waals surface area contributed by atoms with E-state index in [9.17, 15) is 4.79 Å². The van der Waals surface area contributed by atoms with Gasteiger partial charge in [-0.25, -0.2) is 4.79 Å². The van der Waals surface area contributed by atoms with Crippen molar-refractivity contribution in [2.75, 3.05) is 6.61 Å². The molecule has 1 aliphatic rings. The van der Waals surface area contributed by atoms with Gasteiger partial charge in [0, 0.05) is 11.2 Å². The summed E-state index contributed by atoms with van der Waals surface area (Å²) in [5.41, 5.74) is 0.721. The Hall–Kier alpha value is -1.29. The Morgan fingerprint density at radius 1 is 1.69 bits per heavy atom. The molecule has 0 aliphatic carbocycles.